The molecule has 0 aromatic heterocycles. The Balaban J connectivity index is 2.17. The Bertz CT molecular complexity index is 557. The van der Waals surface area contributed by atoms with Crippen molar-refractivity contribution in [1.29, 1.82) is 0 Å². The van der Waals surface area contributed by atoms with Crippen LogP contribution in [0.15, 0.2) is 60.7 Å². The molecule has 22 heavy (non-hydrogen) atoms. The van der Waals surface area contributed by atoms with Crippen LogP contribution < -0.4 is 10.4 Å². The minimum atomic E-state index is -2.30. The predicted octanol–water partition coefficient (Wildman–Crippen LogP) is 3.93. The first-order valence-corrected chi connectivity index (χ1v) is 10.1. The lowest BCUT2D eigenvalue weighted by Crippen LogP contribution is -2.68. The molecule has 1 aliphatic carbocycles. The highest BCUT2D eigenvalue weighted by Crippen LogP contribution is 2.39. The van der Waals surface area contributed by atoms with E-state index in [1.807, 2.05) is 0 Å². The van der Waals surface area contributed by atoms with Crippen LogP contribution in [-0.4, -0.2) is 14.4 Å². The Morgan fingerprint density at radius 2 is 1.27 bits per heavy atom. The molecule has 0 saturated heterocycles. The first-order valence-electron chi connectivity index (χ1n) is 8.14. The molecule has 0 spiro atoms. The van der Waals surface area contributed by atoms with Gasteiger partial charge in [-0.2, -0.15) is 0 Å². The number of hydrogen-bond donors (Lipinski definition) is 0. The highest BCUT2D eigenvalue weighted by molar-refractivity contribution is 6.99. The zero-order chi connectivity index (χ0) is 15.6. The van der Waals surface area contributed by atoms with Crippen molar-refractivity contribution in [3.63, 3.8) is 0 Å². The van der Waals surface area contributed by atoms with Crippen LogP contribution >= 0.6 is 0 Å². The van der Waals surface area contributed by atoms with Crippen LogP contribution in [0, 0.1) is 6.42 Å². The van der Waals surface area contributed by atoms with Gasteiger partial charge in [-0.15, -0.1) is 0 Å². The molecule has 0 atom stereocenters. The van der Waals surface area contributed by atoms with Crippen molar-refractivity contribution >= 4 is 18.7 Å². The van der Waals surface area contributed by atoms with Gasteiger partial charge in [-0.1, -0.05) is 81.4 Å². The van der Waals surface area contributed by atoms with Gasteiger partial charge in [0.15, 0.2) is 0 Å². The molecule has 0 heterocycles. The zero-order valence-corrected chi connectivity index (χ0v) is 14.8. The molecule has 0 aliphatic heterocycles. The lowest BCUT2D eigenvalue weighted by molar-refractivity contribution is 0.146. The van der Waals surface area contributed by atoms with Crippen LogP contribution in [0.25, 0.3) is 0 Å². The summed E-state index contributed by atoms with van der Waals surface area (Å²) in [5, 5.41) is 2.84. The van der Waals surface area contributed by atoms with E-state index in [9.17, 15) is 0 Å². The van der Waals surface area contributed by atoms with E-state index in [-0.39, 0.29) is 5.04 Å². The molecular weight excluding hydrogens is 284 g/mol. The lowest BCUT2D eigenvalue weighted by atomic mass is 9.97. The largest absolute Gasteiger partial charge is 0.404 e. The highest BCUT2D eigenvalue weighted by Gasteiger charge is 2.51. The zero-order valence-electron chi connectivity index (χ0n) is 13.8. The van der Waals surface area contributed by atoms with Gasteiger partial charge in [-0.3, -0.25) is 0 Å². The van der Waals surface area contributed by atoms with E-state index in [0.717, 1.165) is 12.8 Å². The van der Waals surface area contributed by atoms with Gasteiger partial charge >= 0.3 is 0 Å². The Morgan fingerprint density at radius 1 is 0.818 bits per heavy atom. The van der Waals surface area contributed by atoms with Crippen LogP contribution in [0.3, 0.4) is 0 Å². The van der Waals surface area contributed by atoms with Gasteiger partial charge < -0.3 is 4.43 Å². The van der Waals surface area contributed by atoms with Gasteiger partial charge in [0.2, 0.25) is 0 Å². The Labute approximate surface area is 135 Å². The van der Waals surface area contributed by atoms with Crippen LogP contribution in [0.1, 0.15) is 33.6 Å². The van der Waals surface area contributed by atoms with Crippen molar-refractivity contribution in [2.75, 3.05) is 0 Å². The molecule has 1 radical (unpaired) electrons. The van der Waals surface area contributed by atoms with Crippen molar-refractivity contribution < 1.29 is 4.43 Å². The maximum absolute atomic E-state index is 6.92. The predicted molar refractivity (Wildman–Crippen MR) is 96.0 cm³/mol. The van der Waals surface area contributed by atoms with Crippen molar-refractivity contribution in [2.24, 2.45) is 0 Å². The molecule has 3 rings (SSSR count). The average molecular weight is 310 g/mol. The smallest absolute Gasteiger partial charge is 0.261 e. The van der Waals surface area contributed by atoms with E-state index in [1.165, 1.54) is 10.4 Å². The Hall–Kier alpha value is -1.38. The average Bonchev–Trinajstić information content (AvgIpc) is 2.47. The van der Waals surface area contributed by atoms with Gasteiger partial charge in [-0.05, 0) is 34.7 Å². The van der Waals surface area contributed by atoms with E-state index in [0.29, 0.717) is 6.10 Å². The quantitative estimate of drug-likeness (QED) is 0.778. The third kappa shape index (κ3) is 2.66. The highest BCUT2D eigenvalue weighted by atomic mass is 28.4. The summed E-state index contributed by atoms with van der Waals surface area (Å²) in [5.74, 6) is 0. The second-order valence-electron chi connectivity index (χ2n) is 7.16. The SMILES string of the molecule is CC(C)(C)[Si](OC1C[CH]C1)(c1ccccc1)c1ccccc1. The van der Waals surface area contributed by atoms with E-state index >= 15 is 0 Å². The molecular formula is C20H25OSi. The second kappa shape index (κ2) is 6.02. The third-order valence-corrected chi connectivity index (χ3v) is 9.71. The van der Waals surface area contributed by atoms with Gasteiger partial charge in [0.25, 0.3) is 8.32 Å². The molecule has 2 aromatic rings. The summed E-state index contributed by atoms with van der Waals surface area (Å²) in [7, 11) is -2.30. The molecule has 0 amide bonds. The number of benzene rings is 2. The number of hydrogen-bond acceptors (Lipinski definition) is 1. The summed E-state index contributed by atoms with van der Waals surface area (Å²) in [6.45, 7) is 7.00. The molecule has 0 unspecified atom stereocenters. The first-order chi connectivity index (χ1) is 10.5. The number of rotatable bonds is 4. The normalized spacial score (nSPS) is 16.3. The fraction of sp³-hybridized carbons (Fsp3) is 0.350. The molecule has 0 bridgehead atoms. The molecule has 115 valence electrons. The maximum Gasteiger partial charge on any atom is 0.261 e. The molecule has 2 heteroatoms. The van der Waals surface area contributed by atoms with Crippen molar-refractivity contribution in [1.82, 2.24) is 0 Å². The monoisotopic (exact) mass is 309 g/mol. The van der Waals surface area contributed by atoms with Gasteiger partial charge in [-0.25, -0.2) is 0 Å². The maximum atomic E-state index is 6.92. The van der Waals surface area contributed by atoms with Crippen LogP contribution in [0.5, 0.6) is 0 Å². The standard InChI is InChI=1S/C20H25OSi/c1-20(2,3)22(21-17-11-10-12-17,18-13-6-4-7-14-18)19-15-8-5-9-16-19/h4-10,13-17H,11-12H2,1-3H3. The fourth-order valence-corrected chi connectivity index (χ4v) is 8.05. The summed E-state index contributed by atoms with van der Waals surface area (Å²) < 4.78 is 6.92. The van der Waals surface area contributed by atoms with Gasteiger partial charge in [0.1, 0.15) is 0 Å². The summed E-state index contributed by atoms with van der Waals surface area (Å²) in [6, 6.07) is 21.8. The lowest BCUT2D eigenvalue weighted by Gasteiger charge is -2.47. The van der Waals surface area contributed by atoms with Crippen molar-refractivity contribution in [3.05, 3.63) is 67.1 Å². The van der Waals surface area contributed by atoms with Crippen LogP contribution in [0.2, 0.25) is 5.04 Å². The molecule has 0 N–H and O–H groups in total. The molecule has 1 fully saturated rings. The van der Waals surface area contributed by atoms with Crippen LogP contribution in [-0.2, 0) is 4.43 Å². The van der Waals surface area contributed by atoms with E-state index in [1.54, 1.807) is 0 Å². The molecule has 2 aromatic carbocycles. The topological polar surface area (TPSA) is 9.23 Å². The van der Waals surface area contributed by atoms with Crippen molar-refractivity contribution in [3.8, 4) is 0 Å². The molecule has 1 saturated carbocycles. The Morgan fingerprint density at radius 3 is 1.59 bits per heavy atom. The van der Waals surface area contributed by atoms with Crippen molar-refractivity contribution in [2.45, 2.75) is 44.8 Å². The minimum absolute atomic E-state index is 0.0886. The molecule has 1 nitrogen and oxygen atoms in total. The molecule has 1 aliphatic rings. The van der Waals surface area contributed by atoms with E-state index in [4.69, 9.17) is 4.43 Å². The summed E-state index contributed by atoms with van der Waals surface area (Å²) >= 11 is 0. The minimum Gasteiger partial charge on any atom is -0.404 e. The second-order valence-corrected chi connectivity index (χ2v) is 11.4. The summed E-state index contributed by atoms with van der Waals surface area (Å²) in [6.07, 6.45) is 4.88. The van der Waals surface area contributed by atoms with Gasteiger partial charge in [0.05, 0.1) is 0 Å². The first kappa shape index (κ1) is 15.5. The Kier molecular flexibility index (Phi) is 4.24. The van der Waals surface area contributed by atoms with E-state index in [2.05, 4.69) is 87.9 Å². The fourth-order valence-electron chi connectivity index (χ4n) is 3.34. The van der Waals surface area contributed by atoms with Crippen LogP contribution in [0.4, 0.5) is 0 Å². The van der Waals surface area contributed by atoms with E-state index < -0.39 is 8.32 Å². The summed E-state index contributed by atoms with van der Waals surface area (Å²) in [4.78, 5) is 0. The summed E-state index contributed by atoms with van der Waals surface area (Å²) in [5.41, 5.74) is 0. The third-order valence-electron chi connectivity index (χ3n) is 4.62. The van der Waals surface area contributed by atoms with Gasteiger partial charge in [0, 0.05) is 6.10 Å².